The van der Waals surface area contributed by atoms with Crippen LogP contribution in [0.2, 0.25) is 0 Å². The van der Waals surface area contributed by atoms with Crippen LogP contribution in [0.1, 0.15) is 43.6 Å². The van der Waals surface area contributed by atoms with E-state index < -0.39 is 41.2 Å². The van der Waals surface area contributed by atoms with Gasteiger partial charge < -0.3 is 4.74 Å². The quantitative estimate of drug-likeness (QED) is 0.266. The standard InChI is InChI=1S/C30H29F2NO4/c1-19(20(2)34)16-21-12-14-22(15-13-21)23-8-6-9-24(17-23)33(18-27(35)37-30(3,4)5)29(36)28-25(31)10-7-11-26(28)32/h6-15,17H,1,16,18H2,2-5H3. The average molecular weight is 506 g/mol. The molecule has 7 heteroatoms. The molecule has 0 saturated heterocycles. The van der Waals surface area contributed by atoms with Gasteiger partial charge in [0.2, 0.25) is 0 Å². The van der Waals surface area contributed by atoms with Crippen LogP contribution in [0.5, 0.6) is 0 Å². The van der Waals surface area contributed by atoms with Crippen molar-refractivity contribution in [2.24, 2.45) is 0 Å². The molecule has 0 heterocycles. The smallest absolute Gasteiger partial charge is 0.326 e. The highest BCUT2D eigenvalue weighted by atomic mass is 19.1. The normalized spacial score (nSPS) is 11.1. The third-order valence-corrected chi connectivity index (χ3v) is 5.49. The third kappa shape index (κ3) is 7.19. The van der Waals surface area contributed by atoms with E-state index in [4.69, 9.17) is 4.74 Å². The maximum absolute atomic E-state index is 14.5. The molecule has 0 bridgehead atoms. The summed E-state index contributed by atoms with van der Waals surface area (Å²) in [5.74, 6) is -3.86. The number of hydrogen-bond donors (Lipinski definition) is 0. The molecule has 0 aliphatic heterocycles. The van der Waals surface area contributed by atoms with Gasteiger partial charge in [0.1, 0.15) is 29.3 Å². The Morgan fingerprint density at radius 2 is 1.49 bits per heavy atom. The van der Waals surface area contributed by atoms with Gasteiger partial charge in [0.15, 0.2) is 5.78 Å². The Kier molecular flexibility index (Phi) is 8.38. The Bertz CT molecular complexity index is 1320. The Labute approximate surface area is 215 Å². The first-order chi connectivity index (χ1) is 17.4. The zero-order valence-corrected chi connectivity index (χ0v) is 21.3. The number of amides is 1. The number of ketones is 1. The molecule has 5 nitrogen and oxygen atoms in total. The molecule has 0 N–H and O–H groups in total. The molecule has 3 rings (SSSR count). The van der Waals surface area contributed by atoms with E-state index >= 15 is 0 Å². The Morgan fingerprint density at radius 3 is 2.05 bits per heavy atom. The first kappa shape index (κ1) is 27.5. The van der Waals surface area contributed by atoms with Crippen molar-refractivity contribution < 1.29 is 27.9 Å². The lowest BCUT2D eigenvalue weighted by atomic mass is 9.99. The minimum Gasteiger partial charge on any atom is -0.459 e. The molecule has 1 amide bonds. The number of halogens is 2. The molecule has 0 aliphatic rings. The van der Waals surface area contributed by atoms with Crippen molar-refractivity contribution in [2.45, 2.75) is 39.7 Å². The van der Waals surface area contributed by atoms with Crippen LogP contribution < -0.4 is 4.90 Å². The van der Waals surface area contributed by atoms with Gasteiger partial charge in [-0.1, -0.05) is 49.0 Å². The number of nitrogens with zero attached hydrogens (tertiary/aromatic N) is 1. The van der Waals surface area contributed by atoms with Crippen molar-refractivity contribution in [1.29, 1.82) is 0 Å². The number of esters is 1. The van der Waals surface area contributed by atoms with Crippen LogP contribution >= 0.6 is 0 Å². The van der Waals surface area contributed by atoms with E-state index in [1.807, 2.05) is 30.3 Å². The fourth-order valence-electron chi connectivity index (χ4n) is 3.66. The second kappa shape index (κ2) is 11.3. The van der Waals surface area contributed by atoms with Crippen molar-refractivity contribution in [3.63, 3.8) is 0 Å². The molecular weight excluding hydrogens is 476 g/mol. The van der Waals surface area contributed by atoms with E-state index in [0.717, 1.165) is 34.2 Å². The van der Waals surface area contributed by atoms with Crippen LogP contribution in [0.3, 0.4) is 0 Å². The van der Waals surface area contributed by atoms with Gasteiger partial charge in [-0.25, -0.2) is 8.78 Å². The van der Waals surface area contributed by atoms with Crippen molar-refractivity contribution in [3.8, 4) is 11.1 Å². The molecular formula is C30H29F2NO4. The van der Waals surface area contributed by atoms with Crippen LogP contribution in [-0.4, -0.2) is 29.8 Å². The van der Waals surface area contributed by atoms with Gasteiger partial charge in [-0.3, -0.25) is 19.3 Å². The number of allylic oxidation sites excluding steroid dienone is 1. The molecule has 3 aromatic rings. The summed E-state index contributed by atoms with van der Waals surface area (Å²) in [4.78, 5) is 38.5. The molecule has 0 aromatic heterocycles. The lowest BCUT2D eigenvalue weighted by Gasteiger charge is -2.26. The number of benzene rings is 3. The minimum atomic E-state index is -1.03. The molecule has 0 atom stereocenters. The fraction of sp³-hybridized carbons (Fsp3) is 0.233. The van der Waals surface area contributed by atoms with Crippen molar-refractivity contribution in [1.82, 2.24) is 0 Å². The molecule has 192 valence electrons. The number of hydrogen-bond acceptors (Lipinski definition) is 4. The SMILES string of the molecule is C=C(Cc1ccc(-c2cccc(N(CC(=O)OC(C)(C)C)C(=O)c3c(F)cccc3F)c2)cc1)C(C)=O. The Balaban J connectivity index is 1.98. The summed E-state index contributed by atoms with van der Waals surface area (Å²) in [6, 6.07) is 17.3. The topological polar surface area (TPSA) is 63.7 Å². The maximum atomic E-state index is 14.5. The molecule has 0 unspecified atom stereocenters. The molecule has 3 aromatic carbocycles. The number of Topliss-reactive ketones (excluding diaryl/α,β-unsaturated/α-hetero) is 1. The lowest BCUT2D eigenvalue weighted by Crippen LogP contribution is -2.39. The zero-order valence-electron chi connectivity index (χ0n) is 21.3. The lowest BCUT2D eigenvalue weighted by molar-refractivity contribution is -0.152. The second-order valence-electron chi connectivity index (χ2n) is 9.66. The molecule has 0 saturated carbocycles. The van der Waals surface area contributed by atoms with Gasteiger partial charge >= 0.3 is 5.97 Å². The monoisotopic (exact) mass is 505 g/mol. The van der Waals surface area contributed by atoms with E-state index in [-0.39, 0.29) is 11.5 Å². The average Bonchev–Trinajstić information content (AvgIpc) is 2.81. The second-order valence-corrected chi connectivity index (χ2v) is 9.66. The summed E-state index contributed by atoms with van der Waals surface area (Å²) in [6.45, 7) is 9.76. The Hall–Kier alpha value is -4.13. The summed E-state index contributed by atoms with van der Waals surface area (Å²) < 4.78 is 34.3. The van der Waals surface area contributed by atoms with Gasteiger partial charge in [-0.15, -0.1) is 0 Å². The largest absolute Gasteiger partial charge is 0.459 e. The summed E-state index contributed by atoms with van der Waals surface area (Å²) in [6.07, 6.45) is 0.433. The third-order valence-electron chi connectivity index (χ3n) is 5.49. The van der Waals surface area contributed by atoms with E-state index in [9.17, 15) is 23.2 Å². The molecule has 0 fully saturated rings. The summed E-state index contributed by atoms with van der Waals surface area (Å²) in [7, 11) is 0. The van der Waals surface area contributed by atoms with Crippen LogP contribution in [0.25, 0.3) is 11.1 Å². The highest BCUT2D eigenvalue weighted by molar-refractivity contribution is 6.09. The van der Waals surface area contributed by atoms with Gasteiger partial charge in [0, 0.05) is 12.1 Å². The minimum absolute atomic E-state index is 0.0715. The first-order valence-corrected chi connectivity index (χ1v) is 11.7. The molecule has 0 radical (unpaired) electrons. The van der Waals surface area contributed by atoms with Crippen molar-refractivity contribution in [2.75, 3.05) is 11.4 Å². The van der Waals surface area contributed by atoms with Gasteiger partial charge in [0.25, 0.3) is 5.91 Å². The molecule has 0 aliphatic carbocycles. The van der Waals surface area contributed by atoms with E-state index in [1.165, 1.54) is 6.92 Å². The fourth-order valence-corrected chi connectivity index (χ4v) is 3.66. The summed E-state index contributed by atoms with van der Waals surface area (Å²) in [5, 5.41) is 0. The number of carbonyl (C=O) groups is 3. The predicted octanol–water partition coefficient (Wildman–Crippen LogP) is 6.31. The van der Waals surface area contributed by atoms with Crippen LogP contribution in [0, 0.1) is 11.6 Å². The van der Waals surface area contributed by atoms with Gasteiger partial charge in [-0.2, -0.15) is 0 Å². The van der Waals surface area contributed by atoms with E-state index in [1.54, 1.807) is 39.0 Å². The number of anilines is 1. The Morgan fingerprint density at radius 1 is 0.892 bits per heavy atom. The van der Waals surface area contributed by atoms with E-state index in [2.05, 4.69) is 6.58 Å². The molecule has 0 spiro atoms. The number of rotatable bonds is 8. The highest BCUT2D eigenvalue weighted by Crippen LogP contribution is 2.28. The number of carbonyl (C=O) groups excluding carboxylic acids is 3. The zero-order chi connectivity index (χ0) is 27.3. The highest BCUT2D eigenvalue weighted by Gasteiger charge is 2.28. The van der Waals surface area contributed by atoms with Gasteiger partial charge in [-0.05, 0) is 74.2 Å². The van der Waals surface area contributed by atoms with Crippen LogP contribution in [-0.2, 0) is 20.7 Å². The maximum Gasteiger partial charge on any atom is 0.326 e. The summed E-state index contributed by atoms with van der Waals surface area (Å²) in [5.41, 5.74) is 1.64. The summed E-state index contributed by atoms with van der Waals surface area (Å²) >= 11 is 0. The first-order valence-electron chi connectivity index (χ1n) is 11.7. The van der Waals surface area contributed by atoms with Crippen molar-refractivity contribution in [3.05, 3.63) is 102 Å². The number of ether oxygens (including phenoxy) is 1. The van der Waals surface area contributed by atoms with E-state index in [0.29, 0.717) is 17.6 Å². The van der Waals surface area contributed by atoms with Crippen molar-refractivity contribution >= 4 is 23.3 Å². The predicted molar refractivity (Wildman–Crippen MR) is 139 cm³/mol. The van der Waals surface area contributed by atoms with Crippen LogP contribution in [0.15, 0.2) is 78.9 Å². The van der Waals surface area contributed by atoms with Gasteiger partial charge in [0.05, 0.1) is 0 Å². The van der Waals surface area contributed by atoms with Crippen LogP contribution in [0.4, 0.5) is 14.5 Å². The molecule has 37 heavy (non-hydrogen) atoms.